The predicted molar refractivity (Wildman–Crippen MR) is 71.1 cm³/mol. The minimum Gasteiger partial charge on any atom is -0.342 e. The summed E-state index contributed by atoms with van der Waals surface area (Å²) in [6, 6.07) is 0.446. The van der Waals surface area contributed by atoms with E-state index in [1.54, 1.807) is 0 Å². The monoisotopic (exact) mass is 228 g/mol. The van der Waals surface area contributed by atoms with E-state index in [0.717, 1.165) is 18.9 Å². The molecule has 0 rings (SSSR count). The number of hydrogen-bond donors (Lipinski definition) is 2. The van der Waals surface area contributed by atoms with E-state index >= 15 is 0 Å². The SMILES string of the molecule is CC(C)CN=C(NN)N(C)C(C)CC(C)C. The minimum atomic E-state index is 0.446. The smallest absolute Gasteiger partial charge is 0.208 e. The third-order valence-corrected chi connectivity index (χ3v) is 2.54. The van der Waals surface area contributed by atoms with Crippen LogP contribution in [-0.2, 0) is 0 Å². The lowest BCUT2D eigenvalue weighted by Gasteiger charge is -2.28. The number of aliphatic imine (C=N–C) groups is 1. The van der Waals surface area contributed by atoms with Gasteiger partial charge in [0.05, 0.1) is 0 Å². The number of nitrogens with two attached hydrogens (primary N) is 1. The average Bonchev–Trinajstić information content (AvgIpc) is 2.16. The van der Waals surface area contributed by atoms with E-state index in [9.17, 15) is 0 Å². The van der Waals surface area contributed by atoms with E-state index in [2.05, 4.69) is 49.9 Å². The molecule has 4 heteroatoms. The number of hydrogen-bond acceptors (Lipinski definition) is 2. The Morgan fingerprint density at radius 2 is 1.75 bits per heavy atom. The number of hydrazine groups is 1. The van der Waals surface area contributed by atoms with E-state index in [1.807, 2.05) is 7.05 Å². The van der Waals surface area contributed by atoms with Gasteiger partial charge in [-0.05, 0) is 25.2 Å². The summed E-state index contributed by atoms with van der Waals surface area (Å²) in [5.74, 6) is 7.52. The van der Waals surface area contributed by atoms with Crippen molar-refractivity contribution in [2.24, 2.45) is 22.7 Å². The van der Waals surface area contributed by atoms with Crippen LogP contribution in [0.25, 0.3) is 0 Å². The van der Waals surface area contributed by atoms with Gasteiger partial charge in [0.1, 0.15) is 0 Å². The van der Waals surface area contributed by atoms with Crippen molar-refractivity contribution in [1.82, 2.24) is 10.3 Å². The van der Waals surface area contributed by atoms with Gasteiger partial charge in [-0.1, -0.05) is 27.7 Å². The Morgan fingerprint density at radius 3 is 2.12 bits per heavy atom. The summed E-state index contributed by atoms with van der Waals surface area (Å²) < 4.78 is 0. The van der Waals surface area contributed by atoms with Gasteiger partial charge in [0.25, 0.3) is 0 Å². The second-order valence-corrected chi connectivity index (χ2v) is 5.29. The van der Waals surface area contributed by atoms with Crippen molar-refractivity contribution in [1.29, 1.82) is 0 Å². The average molecular weight is 228 g/mol. The molecule has 3 N–H and O–H groups in total. The van der Waals surface area contributed by atoms with Crippen LogP contribution < -0.4 is 11.3 Å². The van der Waals surface area contributed by atoms with Crippen molar-refractivity contribution in [2.45, 2.75) is 47.1 Å². The Labute approximate surface area is 100 Å². The van der Waals surface area contributed by atoms with Gasteiger partial charge in [0.15, 0.2) is 0 Å². The maximum atomic E-state index is 5.51. The molecular formula is C12H28N4. The first kappa shape index (κ1) is 15.2. The molecule has 0 amide bonds. The van der Waals surface area contributed by atoms with Crippen LogP contribution in [0, 0.1) is 11.8 Å². The highest BCUT2D eigenvalue weighted by Gasteiger charge is 2.14. The fourth-order valence-corrected chi connectivity index (χ4v) is 1.58. The van der Waals surface area contributed by atoms with E-state index in [0.29, 0.717) is 17.9 Å². The summed E-state index contributed by atoms with van der Waals surface area (Å²) in [7, 11) is 2.03. The molecule has 1 atom stereocenters. The van der Waals surface area contributed by atoms with Gasteiger partial charge >= 0.3 is 0 Å². The molecule has 1 unspecified atom stereocenters. The third kappa shape index (κ3) is 5.95. The van der Waals surface area contributed by atoms with Gasteiger partial charge in [-0.2, -0.15) is 0 Å². The van der Waals surface area contributed by atoms with Crippen LogP contribution in [0.2, 0.25) is 0 Å². The van der Waals surface area contributed by atoms with Gasteiger partial charge in [-0.3, -0.25) is 10.4 Å². The lowest BCUT2D eigenvalue weighted by atomic mass is 10.0. The van der Waals surface area contributed by atoms with Gasteiger partial charge in [-0.25, -0.2) is 5.84 Å². The highest BCUT2D eigenvalue weighted by Crippen LogP contribution is 2.09. The van der Waals surface area contributed by atoms with Crippen LogP contribution in [0.3, 0.4) is 0 Å². The minimum absolute atomic E-state index is 0.446. The van der Waals surface area contributed by atoms with Gasteiger partial charge in [0.2, 0.25) is 5.96 Å². The second-order valence-electron chi connectivity index (χ2n) is 5.29. The Kier molecular flexibility index (Phi) is 7.13. The van der Waals surface area contributed by atoms with Crippen molar-refractivity contribution in [3.8, 4) is 0 Å². The van der Waals surface area contributed by atoms with Crippen molar-refractivity contribution < 1.29 is 0 Å². The van der Waals surface area contributed by atoms with Gasteiger partial charge in [0, 0.05) is 19.6 Å². The van der Waals surface area contributed by atoms with Crippen molar-refractivity contribution in [2.75, 3.05) is 13.6 Å². The van der Waals surface area contributed by atoms with E-state index in [-0.39, 0.29) is 0 Å². The van der Waals surface area contributed by atoms with Gasteiger partial charge < -0.3 is 4.90 Å². The molecule has 0 aliphatic carbocycles. The molecule has 0 aromatic carbocycles. The first-order valence-corrected chi connectivity index (χ1v) is 6.12. The number of nitrogens with zero attached hydrogens (tertiary/aromatic N) is 2. The zero-order valence-electron chi connectivity index (χ0n) is 11.6. The molecule has 16 heavy (non-hydrogen) atoms. The first-order chi connectivity index (χ1) is 7.38. The van der Waals surface area contributed by atoms with Crippen molar-refractivity contribution in [3.63, 3.8) is 0 Å². The number of guanidine groups is 1. The lowest BCUT2D eigenvalue weighted by molar-refractivity contribution is 0.323. The van der Waals surface area contributed by atoms with Crippen LogP contribution in [0.1, 0.15) is 41.0 Å². The maximum absolute atomic E-state index is 5.51. The van der Waals surface area contributed by atoms with Gasteiger partial charge in [-0.15, -0.1) is 0 Å². The highest BCUT2D eigenvalue weighted by molar-refractivity contribution is 5.79. The molecule has 0 fully saturated rings. The summed E-state index contributed by atoms with van der Waals surface area (Å²) in [5, 5.41) is 0. The molecular weight excluding hydrogens is 200 g/mol. The van der Waals surface area contributed by atoms with Crippen LogP contribution >= 0.6 is 0 Å². The molecule has 0 aromatic rings. The fourth-order valence-electron chi connectivity index (χ4n) is 1.58. The van der Waals surface area contributed by atoms with Crippen molar-refractivity contribution >= 4 is 5.96 Å². The third-order valence-electron chi connectivity index (χ3n) is 2.54. The zero-order valence-corrected chi connectivity index (χ0v) is 11.6. The molecule has 4 nitrogen and oxygen atoms in total. The van der Waals surface area contributed by atoms with Crippen LogP contribution in [0.5, 0.6) is 0 Å². The Balaban J connectivity index is 4.39. The zero-order chi connectivity index (χ0) is 12.7. The Bertz CT molecular complexity index is 211. The first-order valence-electron chi connectivity index (χ1n) is 6.12. The highest BCUT2D eigenvalue weighted by atomic mass is 15.4. The molecule has 0 saturated heterocycles. The molecule has 0 aromatic heterocycles. The summed E-state index contributed by atoms with van der Waals surface area (Å²) in [6.45, 7) is 11.8. The standard InChI is InChI=1S/C12H28N4/c1-9(2)7-11(5)16(6)12(15-13)14-8-10(3)4/h9-11H,7-8,13H2,1-6H3,(H,14,15). The topological polar surface area (TPSA) is 53.6 Å². The summed E-state index contributed by atoms with van der Waals surface area (Å²) in [5.41, 5.74) is 2.69. The molecule has 96 valence electrons. The number of rotatable bonds is 5. The lowest BCUT2D eigenvalue weighted by Crippen LogP contribution is -2.47. The van der Waals surface area contributed by atoms with E-state index in [4.69, 9.17) is 5.84 Å². The van der Waals surface area contributed by atoms with E-state index < -0.39 is 0 Å². The normalized spacial score (nSPS) is 14.4. The molecule has 0 spiro atoms. The largest absolute Gasteiger partial charge is 0.342 e. The summed E-state index contributed by atoms with van der Waals surface area (Å²) in [6.07, 6.45) is 1.14. The van der Waals surface area contributed by atoms with E-state index in [1.165, 1.54) is 0 Å². The molecule has 0 heterocycles. The molecule has 0 aliphatic rings. The maximum Gasteiger partial charge on any atom is 0.208 e. The Morgan fingerprint density at radius 1 is 1.19 bits per heavy atom. The molecule has 0 aliphatic heterocycles. The second kappa shape index (κ2) is 7.49. The van der Waals surface area contributed by atoms with Crippen LogP contribution in [0.4, 0.5) is 0 Å². The summed E-state index contributed by atoms with van der Waals surface area (Å²) in [4.78, 5) is 6.59. The predicted octanol–water partition coefficient (Wildman–Crippen LogP) is 1.83. The van der Waals surface area contributed by atoms with Crippen LogP contribution in [0.15, 0.2) is 4.99 Å². The quantitative estimate of drug-likeness (QED) is 0.327. The molecule has 0 radical (unpaired) electrons. The van der Waals surface area contributed by atoms with Crippen molar-refractivity contribution in [3.05, 3.63) is 0 Å². The molecule has 0 bridgehead atoms. The number of nitrogens with one attached hydrogen (secondary N) is 1. The summed E-state index contributed by atoms with van der Waals surface area (Å²) >= 11 is 0. The Hall–Kier alpha value is -0.770. The van der Waals surface area contributed by atoms with Crippen LogP contribution in [-0.4, -0.2) is 30.5 Å². The molecule has 0 saturated carbocycles. The fraction of sp³-hybridized carbons (Fsp3) is 0.917.